The van der Waals surface area contributed by atoms with Crippen LogP contribution in [0.3, 0.4) is 0 Å². The van der Waals surface area contributed by atoms with E-state index < -0.39 is 5.91 Å². The summed E-state index contributed by atoms with van der Waals surface area (Å²) in [7, 11) is 0. The first kappa shape index (κ1) is 17.7. The fraction of sp³-hybridized carbons (Fsp3) is 0.467. The van der Waals surface area contributed by atoms with E-state index in [0.717, 1.165) is 16.6 Å². The van der Waals surface area contributed by atoms with Gasteiger partial charge in [-0.15, -0.1) is 0 Å². The molecule has 0 spiro atoms. The van der Waals surface area contributed by atoms with Gasteiger partial charge < -0.3 is 16.0 Å². The van der Waals surface area contributed by atoms with E-state index in [2.05, 4.69) is 21.2 Å². The highest BCUT2D eigenvalue weighted by atomic mass is 79.9. The van der Waals surface area contributed by atoms with Gasteiger partial charge in [-0.05, 0) is 31.2 Å². The summed E-state index contributed by atoms with van der Waals surface area (Å²) in [4.78, 5) is 25.0. The minimum absolute atomic E-state index is 0.0618. The lowest BCUT2D eigenvalue weighted by molar-refractivity contribution is -0.136. The second kappa shape index (κ2) is 8.79. The van der Waals surface area contributed by atoms with Crippen LogP contribution in [0.5, 0.6) is 0 Å². The Morgan fingerprint density at radius 1 is 1.33 bits per heavy atom. The standard InChI is InChI=1S/C15H22BrN3O2/c1-3-18-11(2)8-15(21)19(10-14(17)20)9-12-4-6-13(16)7-5-12/h4-7,11,18H,3,8-10H2,1-2H3,(H2,17,20). The molecule has 2 amide bonds. The molecule has 1 rings (SSSR count). The summed E-state index contributed by atoms with van der Waals surface area (Å²) >= 11 is 3.37. The van der Waals surface area contributed by atoms with Crippen LogP contribution < -0.4 is 11.1 Å². The Balaban J connectivity index is 2.72. The van der Waals surface area contributed by atoms with Crippen LogP contribution in [0.25, 0.3) is 0 Å². The number of hydrogen-bond acceptors (Lipinski definition) is 3. The number of carbonyl (C=O) groups excluding carboxylic acids is 2. The third kappa shape index (κ3) is 6.73. The zero-order chi connectivity index (χ0) is 15.8. The van der Waals surface area contributed by atoms with Gasteiger partial charge in [0.25, 0.3) is 0 Å². The minimum atomic E-state index is -0.503. The first-order valence-corrected chi connectivity index (χ1v) is 7.75. The van der Waals surface area contributed by atoms with Gasteiger partial charge in [-0.2, -0.15) is 0 Å². The Morgan fingerprint density at radius 3 is 2.48 bits per heavy atom. The van der Waals surface area contributed by atoms with Crippen LogP contribution in [-0.2, 0) is 16.1 Å². The summed E-state index contributed by atoms with van der Waals surface area (Å²) in [6.07, 6.45) is 0.345. The maximum atomic E-state index is 12.3. The number of rotatable bonds is 8. The molecule has 0 fully saturated rings. The van der Waals surface area contributed by atoms with Crippen molar-refractivity contribution in [1.29, 1.82) is 0 Å². The molecule has 0 bridgehead atoms. The van der Waals surface area contributed by atoms with Crippen molar-refractivity contribution in [3.8, 4) is 0 Å². The van der Waals surface area contributed by atoms with Crippen molar-refractivity contribution in [2.24, 2.45) is 5.73 Å². The molecule has 0 aromatic heterocycles. The smallest absolute Gasteiger partial charge is 0.237 e. The maximum absolute atomic E-state index is 12.3. The minimum Gasteiger partial charge on any atom is -0.368 e. The Kier molecular flexibility index (Phi) is 7.39. The molecule has 3 N–H and O–H groups in total. The number of carbonyl (C=O) groups is 2. The van der Waals surface area contributed by atoms with E-state index in [9.17, 15) is 9.59 Å². The average Bonchev–Trinajstić information content (AvgIpc) is 2.40. The summed E-state index contributed by atoms with van der Waals surface area (Å²) in [6, 6.07) is 7.72. The Bertz CT molecular complexity index is 476. The van der Waals surface area contributed by atoms with Crippen molar-refractivity contribution in [1.82, 2.24) is 10.2 Å². The van der Waals surface area contributed by atoms with E-state index in [1.54, 1.807) is 0 Å². The molecule has 1 aromatic rings. The van der Waals surface area contributed by atoms with Gasteiger partial charge in [0.2, 0.25) is 11.8 Å². The molecule has 1 atom stereocenters. The van der Waals surface area contributed by atoms with E-state index in [4.69, 9.17) is 5.73 Å². The van der Waals surface area contributed by atoms with Crippen molar-refractivity contribution in [3.63, 3.8) is 0 Å². The van der Waals surface area contributed by atoms with Crippen molar-refractivity contribution >= 4 is 27.7 Å². The van der Waals surface area contributed by atoms with Crippen molar-refractivity contribution in [2.75, 3.05) is 13.1 Å². The molecule has 0 heterocycles. The topological polar surface area (TPSA) is 75.4 Å². The molecule has 0 saturated carbocycles. The maximum Gasteiger partial charge on any atom is 0.237 e. The first-order chi connectivity index (χ1) is 9.92. The summed E-state index contributed by atoms with van der Waals surface area (Å²) in [5, 5.41) is 3.19. The first-order valence-electron chi connectivity index (χ1n) is 6.96. The predicted octanol–water partition coefficient (Wildman–Crippen LogP) is 1.65. The zero-order valence-electron chi connectivity index (χ0n) is 12.4. The lowest BCUT2D eigenvalue weighted by Gasteiger charge is -2.23. The molecule has 116 valence electrons. The Morgan fingerprint density at radius 2 is 1.95 bits per heavy atom. The Labute approximate surface area is 134 Å². The monoisotopic (exact) mass is 355 g/mol. The number of halogens is 1. The quantitative estimate of drug-likeness (QED) is 0.744. The van der Waals surface area contributed by atoms with Crippen molar-refractivity contribution in [3.05, 3.63) is 34.3 Å². The molecule has 5 nitrogen and oxygen atoms in total. The molecule has 0 saturated heterocycles. The van der Waals surface area contributed by atoms with Gasteiger partial charge in [0, 0.05) is 23.5 Å². The van der Waals surface area contributed by atoms with E-state index in [0.29, 0.717) is 13.0 Å². The molecular formula is C15H22BrN3O2. The summed E-state index contributed by atoms with van der Waals surface area (Å²) < 4.78 is 0.972. The molecule has 1 aromatic carbocycles. The van der Waals surface area contributed by atoms with E-state index >= 15 is 0 Å². The zero-order valence-corrected chi connectivity index (χ0v) is 14.0. The largest absolute Gasteiger partial charge is 0.368 e. The van der Waals surface area contributed by atoms with E-state index in [1.165, 1.54) is 4.90 Å². The van der Waals surface area contributed by atoms with Gasteiger partial charge in [-0.3, -0.25) is 9.59 Å². The van der Waals surface area contributed by atoms with Gasteiger partial charge in [0.15, 0.2) is 0 Å². The third-order valence-corrected chi connectivity index (χ3v) is 3.55. The third-order valence-electron chi connectivity index (χ3n) is 3.02. The van der Waals surface area contributed by atoms with E-state index in [1.807, 2.05) is 38.1 Å². The van der Waals surface area contributed by atoms with Crippen LogP contribution in [0.1, 0.15) is 25.8 Å². The number of nitrogens with zero attached hydrogens (tertiary/aromatic N) is 1. The molecular weight excluding hydrogens is 334 g/mol. The summed E-state index contributed by atoms with van der Waals surface area (Å²) in [5.74, 6) is -0.582. The number of amides is 2. The molecule has 0 radical (unpaired) electrons. The SMILES string of the molecule is CCNC(C)CC(=O)N(CC(N)=O)Cc1ccc(Br)cc1. The summed E-state index contributed by atoms with van der Waals surface area (Å²) in [5.41, 5.74) is 6.20. The second-order valence-corrected chi connectivity index (χ2v) is 5.92. The molecule has 6 heteroatoms. The lowest BCUT2D eigenvalue weighted by atomic mass is 10.1. The average molecular weight is 356 g/mol. The number of hydrogen-bond donors (Lipinski definition) is 2. The number of nitrogens with two attached hydrogens (primary N) is 1. The van der Waals surface area contributed by atoms with Crippen LogP contribution in [0.2, 0.25) is 0 Å². The molecule has 21 heavy (non-hydrogen) atoms. The van der Waals surface area contributed by atoms with Gasteiger partial charge in [-0.25, -0.2) is 0 Å². The van der Waals surface area contributed by atoms with Crippen LogP contribution in [-0.4, -0.2) is 35.8 Å². The molecule has 0 aliphatic carbocycles. The van der Waals surface area contributed by atoms with Gasteiger partial charge in [0.05, 0.1) is 6.54 Å². The van der Waals surface area contributed by atoms with Gasteiger partial charge in [0.1, 0.15) is 0 Å². The molecule has 1 unspecified atom stereocenters. The molecule has 0 aliphatic rings. The number of nitrogens with one attached hydrogen (secondary N) is 1. The van der Waals surface area contributed by atoms with Crippen LogP contribution >= 0.6 is 15.9 Å². The predicted molar refractivity (Wildman–Crippen MR) is 86.5 cm³/mol. The van der Waals surface area contributed by atoms with Crippen LogP contribution in [0, 0.1) is 0 Å². The highest BCUT2D eigenvalue weighted by molar-refractivity contribution is 9.10. The fourth-order valence-electron chi connectivity index (χ4n) is 2.04. The highest BCUT2D eigenvalue weighted by Gasteiger charge is 2.18. The highest BCUT2D eigenvalue weighted by Crippen LogP contribution is 2.13. The lowest BCUT2D eigenvalue weighted by Crippen LogP contribution is -2.41. The van der Waals surface area contributed by atoms with Crippen molar-refractivity contribution in [2.45, 2.75) is 32.9 Å². The van der Waals surface area contributed by atoms with Crippen molar-refractivity contribution < 1.29 is 9.59 Å². The second-order valence-electron chi connectivity index (χ2n) is 5.01. The fourth-order valence-corrected chi connectivity index (χ4v) is 2.31. The summed E-state index contributed by atoms with van der Waals surface area (Å²) in [6.45, 7) is 5.06. The number of primary amides is 1. The van der Waals surface area contributed by atoms with Crippen LogP contribution in [0.15, 0.2) is 28.7 Å². The molecule has 0 aliphatic heterocycles. The Hall–Kier alpha value is -1.40. The van der Waals surface area contributed by atoms with Crippen LogP contribution in [0.4, 0.5) is 0 Å². The number of benzene rings is 1. The van der Waals surface area contributed by atoms with Gasteiger partial charge >= 0.3 is 0 Å². The van der Waals surface area contributed by atoms with Gasteiger partial charge in [-0.1, -0.05) is 35.0 Å². The normalized spacial score (nSPS) is 12.0. The van der Waals surface area contributed by atoms with E-state index in [-0.39, 0.29) is 18.5 Å².